The number of carbonyl (C=O) groups excluding carboxylic acids is 1. The molecule has 0 spiro atoms. The number of likely N-dealkylation sites (N-methyl/N-ethyl adjacent to an activating group) is 1. The summed E-state index contributed by atoms with van der Waals surface area (Å²) < 4.78 is 0. The Morgan fingerprint density at radius 1 is 1.25 bits per heavy atom. The molecule has 0 aromatic rings. The second-order valence-electron chi connectivity index (χ2n) is 5.12. The van der Waals surface area contributed by atoms with E-state index in [9.17, 15) is 4.79 Å². The van der Waals surface area contributed by atoms with Gasteiger partial charge in [-0.15, -0.1) is 0 Å². The van der Waals surface area contributed by atoms with Crippen LogP contribution in [0.15, 0.2) is 0 Å². The zero-order valence-electron chi connectivity index (χ0n) is 10.4. The van der Waals surface area contributed by atoms with Crippen LogP contribution < -0.4 is 5.32 Å². The Kier molecular flexibility index (Phi) is 4.22. The van der Waals surface area contributed by atoms with Crippen LogP contribution in [0.5, 0.6) is 0 Å². The third-order valence-electron chi connectivity index (χ3n) is 4.09. The molecule has 3 nitrogen and oxygen atoms in total. The molecule has 92 valence electrons. The average Bonchev–Trinajstić information content (AvgIpc) is 2.94. The minimum absolute atomic E-state index is 0.316. The lowest BCUT2D eigenvalue weighted by Crippen LogP contribution is -2.43. The van der Waals surface area contributed by atoms with Gasteiger partial charge in [-0.2, -0.15) is 0 Å². The number of hydrogen-bond donors (Lipinski definition) is 1. The summed E-state index contributed by atoms with van der Waals surface area (Å²) in [5.41, 5.74) is 0. The molecule has 3 heteroatoms. The average molecular weight is 224 g/mol. The van der Waals surface area contributed by atoms with Crippen molar-refractivity contribution < 1.29 is 4.79 Å². The first-order valence-corrected chi connectivity index (χ1v) is 6.83. The maximum Gasteiger partial charge on any atom is 0.236 e. The third-order valence-corrected chi connectivity index (χ3v) is 4.09. The van der Waals surface area contributed by atoms with E-state index < -0.39 is 0 Å². The highest BCUT2D eigenvalue weighted by atomic mass is 16.2. The molecule has 1 heterocycles. The van der Waals surface area contributed by atoms with Crippen molar-refractivity contribution in [2.45, 2.75) is 51.5 Å². The Balaban J connectivity index is 1.89. The smallest absolute Gasteiger partial charge is 0.236 e. The number of carbonyl (C=O) groups is 1. The molecule has 0 aromatic carbocycles. The number of nitrogens with one attached hydrogen (secondary N) is 1. The second-order valence-corrected chi connectivity index (χ2v) is 5.12. The molecule has 0 radical (unpaired) electrons. The highest BCUT2D eigenvalue weighted by Gasteiger charge is 2.35. The molecular weight excluding hydrogens is 200 g/mol. The van der Waals surface area contributed by atoms with Gasteiger partial charge in [0.2, 0.25) is 5.91 Å². The van der Waals surface area contributed by atoms with Gasteiger partial charge in [0.05, 0.1) is 6.54 Å². The summed E-state index contributed by atoms with van der Waals surface area (Å²) >= 11 is 0. The Labute approximate surface area is 98.6 Å². The monoisotopic (exact) mass is 224 g/mol. The SMILES string of the molecule is CCNCC(=O)N1CCCC1C1CCCC1. The fourth-order valence-electron chi connectivity index (χ4n) is 3.27. The van der Waals surface area contributed by atoms with E-state index in [-0.39, 0.29) is 0 Å². The van der Waals surface area contributed by atoms with Gasteiger partial charge >= 0.3 is 0 Å². The lowest BCUT2D eigenvalue weighted by molar-refractivity contribution is -0.131. The highest BCUT2D eigenvalue weighted by Crippen LogP contribution is 2.35. The van der Waals surface area contributed by atoms with Crippen LogP contribution in [0.2, 0.25) is 0 Å². The molecule has 1 atom stereocenters. The number of amides is 1. The number of likely N-dealkylation sites (tertiary alicyclic amines) is 1. The van der Waals surface area contributed by atoms with Crippen molar-refractivity contribution in [2.75, 3.05) is 19.6 Å². The van der Waals surface area contributed by atoms with Crippen molar-refractivity contribution in [1.29, 1.82) is 0 Å². The van der Waals surface area contributed by atoms with Gasteiger partial charge in [-0.1, -0.05) is 19.8 Å². The summed E-state index contributed by atoms with van der Waals surface area (Å²) in [6, 6.07) is 0.564. The molecule has 2 rings (SSSR count). The molecule has 1 saturated carbocycles. The van der Waals surface area contributed by atoms with Crippen LogP contribution in [-0.2, 0) is 4.79 Å². The Morgan fingerprint density at radius 3 is 2.69 bits per heavy atom. The van der Waals surface area contributed by atoms with Crippen LogP contribution in [0, 0.1) is 5.92 Å². The van der Waals surface area contributed by atoms with Gasteiger partial charge in [-0.05, 0) is 38.1 Å². The summed E-state index contributed by atoms with van der Waals surface area (Å²) in [6.45, 7) is 4.45. The topological polar surface area (TPSA) is 32.3 Å². The Bertz CT molecular complexity index is 236. The van der Waals surface area contributed by atoms with Crippen molar-refractivity contribution >= 4 is 5.91 Å². The van der Waals surface area contributed by atoms with Gasteiger partial charge in [0, 0.05) is 12.6 Å². The number of nitrogens with zero attached hydrogens (tertiary/aromatic N) is 1. The maximum absolute atomic E-state index is 12.0. The van der Waals surface area contributed by atoms with Crippen LogP contribution in [0.4, 0.5) is 0 Å². The standard InChI is InChI=1S/C13H24N2O/c1-2-14-10-13(16)15-9-5-8-12(15)11-6-3-4-7-11/h11-12,14H,2-10H2,1H3. The van der Waals surface area contributed by atoms with Crippen molar-refractivity contribution in [3.8, 4) is 0 Å². The largest absolute Gasteiger partial charge is 0.338 e. The lowest BCUT2D eigenvalue weighted by Gasteiger charge is -2.29. The molecule has 0 aromatic heterocycles. The first-order valence-electron chi connectivity index (χ1n) is 6.83. The molecule has 2 fully saturated rings. The van der Waals surface area contributed by atoms with E-state index in [1.54, 1.807) is 0 Å². The molecule has 1 amide bonds. The molecule has 16 heavy (non-hydrogen) atoms. The third kappa shape index (κ3) is 2.57. The zero-order chi connectivity index (χ0) is 11.4. The fourth-order valence-corrected chi connectivity index (χ4v) is 3.27. The number of hydrogen-bond acceptors (Lipinski definition) is 2. The predicted octanol–water partition coefficient (Wildman–Crippen LogP) is 1.78. The van der Waals surface area contributed by atoms with Crippen molar-refractivity contribution in [3.63, 3.8) is 0 Å². The minimum Gasteiger partial charge on any atom is -0.338 e. The van der Waals surface area contributed by atoms with E-state index in [0.717, 1.165) is 19.0 Å². The molecule has 1 saturated heterocycles. The van der Waals surface area contributed by atoms with Gasteiger partial charge < -0.3 is 10.2 Å². The van der Waals surface area contributed by atoms with Gasteiger partial charge in [-0.25, -0.2) is 0 Å². The van der Waals surface area contributed by atoms with Gasteiger partial charge in [-0.3, -0.25) is 4.79 Å². The highest BCUT2D eigenvalue weighted by molar-refractivity contribution is 5.78. The van der Waals surface area contributed by atoms with Gasteiger partial charge in [0.1, 0.15) is 0 Å². The minimum atomic E-state index is 0.316. The van der Waals surface area contributed by atoms with Crippen LogP contribution in [0.3, 0.4) is 0 Å². The molecule has 0 bridgehead atoms. The molecule has 1 unspecified atom stereocenters. The zero-order valence-corrected chi connectivity index (χ0v) is 10.4. The number of rotatable bonds is 4. The van der Waals surface area contributed by atoms with E-state index in [0.29, 0.717) is 18.5 Å². The normalized spacial score (nSPS) is 26.6. The van der Waals surface area contributed by atoms with E-state index in [1.165, 1.54) is 38.5 Å². The summed E-state index contributed by atoms with van der Waals surface area (Å²) in [4.78, 5) is 14.2. The quantitative estimate of drug-likeness (QED) is 0.789. The first kappa shape index (κ1) is 11.9. The lowest BCUT2D eigenvalue weighted by atomic mass is 9.96. The van der Waals surface area contributed by atoms with Crippen molar-refractivity contribution in [2.24, 2.45) is 5.92 Å². The second kappa shape index (κ2) is 5.67. The summed E-state index contributed by atoms with van der Waals surface area (Å²) in [6.07, 6.45) is 7.87. The van der Waals surface area contributed by atoms with Crippen LogP contribution in [-0.4, -0.2) is 36.5 Å². The summed E-state index contributed by atoms with van der Waals surface area (Å²) in [5, 5.41) is 3.14. The molecule has 1 aliphatic carbocycles. The Morgan fingerprint density at radius 2 is 2.00 bits per heavy atom. The van der Waals surface area contributed by atoms with Gasteiger partial charge in [0.25, 0.3) is 0 Å². The van der Waals surface area contributed by atoms with E-state index in [2.05, 4.69) is 10.2 Å². The van der Waals surface area contributed by atoms with E-state index in [1.807, 2.05) is 6.92 Å². The van der Waals surface area contributed by atoms with Gasteiger partial charge in [0.15, 0.2) is 0 Å². The van der Waals surface area contributed by atoms with Crippen LogP contribution >= 0.6 is 0 Å². The summed E-state index contributed by atoms with van der Waals surface area (Å²) in [7, 11) is 0. The van der Waals surface area contributed by atoms with Crippen LogP contribution in [0.1, 0.15) is 45.4 Å². The van der Waals surface area contributed by atoms with E-state index in [4.69, 9.17) is 0 Å². The Hall–Kier alpha value is -0.570. The van der Waals surface area contributed by atoms with Crippen molar-refractivity contribution in [3.05, 3.63) is 0 Å². The van der Waals surface area contributed by atoms with E-state index >= 15 is 0 Å². The molecule has 1 aliphatic heterocycles. The van der Waals surface area contributed by atoms with Crippen molar-refractivity contribution in [1.82, 2.24) is 10.2 Å². The molecule has 1 N–H and O–H groups in total. The maximum atomic E-state index is 12.0. The van der Waals surface area contributed by atoms with Crippen LogP contribution in [0.25, 0.3) is 0 Å². The first-order chi connectivity index (χ1) is 7.83. The summed E-state index contributed by atoms with van der Waals surface area (Å²) in [5.74, 6) is 1.12. The molecular formula is C13H24N2O. The predicted molar refractivity (Wildman–Crippen MR) is 65.2 cm³/mol. The molecule has 2 aliphatic rings. The fraction of sp³-hybridized carbons (Fsp3) is 0.923.